The first-order chi connectivity index (χ1) is 9.65. The Morgan fingerprint density at radius 2 is 1.80 bits per heavy atom. The summed E-state index contributed by atoms with van der Waals surface area (Å²) in [4.78, 5) is 0. The predicted octanol–water partition coefficient (Wildman–Crippen LogP) is 3.17. The summed E-state index contributed by atoms with van der Waals surface area (Å²) in [6, 6.07) is 6.63. The minimum Gasteiger partial charge on any atom is -0.493 e. The maximum Gasteiger partial charge on any atom is 0.161 e. The molecule has 1 N–H and O–H groups in total. The van der Waals surface area contributed by atoms with E-state index in [0.29, 0.717) is 6.04 Å². The second-order valence-electron chi connectivity index (χ2n) is 4.94. The minimum absolute atomic E-state index is 0.238. The van der Waals surface area contributed by atoms with E-state index in [0.717, 1.165) is 30.9 Å². The molecule has 4 heteroatoms. The van der Waals surface area contributed by atoms with Crippen LogP contribution < -0.4 is 14.8 Å². The minimum atomic E-state index is 0.238. The highest BCUT2D eigenvalue weighted by atomic mass is 16.5. The highest BCUT2D eigenvalue weighted by Gasteiger charge is 2.14. The number of hydrogen-bond acceptors (Lipinski definition) is 4. The average Bonchev–Trinajstić information content (AvgIpc) is 2.46. The standard InChI is InChI=1S/C16H27NO3/c1-6-7-14(11-18-3)17-12(2)13-8-9-15(19-4)16(10-13)20-5/h8-10,12,14,17H,6-7,11H2,1-5H3. The van der Waals surface area contributed by atoms with Crippen molar-refractivity contribution in [1.82, 2.24) is 5.32 Å². The lowest BCUT2D eigenvalue weighted by atomic mass is 10.1. The maximum atomic E-state index is 5.35. The summed E-state index contributed by atoms with van der Waals surface area (Å²) >= 11 is 0. The smallest absolute Gasteiger partial charge is 0.161 e. The van der Waals surface area contributed by atoms with Crippen LogP contribution in [0, 0.1) is 0 Å². The van der Waals surface area contributed by atoms with Gasteiger partial charge in [0.2, 0.25) is 0 Å². The largest absolute Gasteiger partial charge is 0.493 e. The van der Waals surface area contributed by atoms with Crippen molar-refractivity contribution in [1.29, 1.82) is 0 Å². The first-order valence-electron chi connectivity index (χ1n) is 7.13. The normalized spacial score (nSPS) is 13.8. The average molecular weight is 281 g/mol. The van der Waals surface area contributed by atoms with Gasteiger partial charge in [-0.25, -0.2) is 0 Å². The fraction of sp³-hybridized carbons (Fsp3) is 0.625. The van der Waals surface area contributed by atoms with E-state index in [2.05, 4.69) is 25.2 Å². The summed E-state index contributed by atoms with van der Waals surface area (Å²) in [6.45, 7) is 5.07. The Morgan fingerprint density at radius 1 is 1.10 bits per heavy atom. The van der Waals surface area contributed by atoms with E-state index in [4.69, 9.17) is 14.2 Å². The summed E-state index contributed by atoms with van der Waals surface area (Å²) in [5.74, 6) is 1.52. The quantitative estimate of drug-likeness (QED) is 0.754. The molecule has 0 aromatic heterocycles. The fourth-order valence-electron chi connectivity index (χ4n) is 2.34. The van der Waals surface area contributed by atoms with Crippen molar-refractivity contribution in [3.8, 4) is 11.5 Å². The number of ether oxygens (including phenoxy) is 3. The van der Waals surface area contributed by atoms with Crippen molar-refractivity contribution in [3.63, 3.8) is 0 Å². The molecule has 0 heterocycles. The third-order valence-electron chi connectivity index (χ3n) is 3.40. The number of hydrogen-bond donors (Lipinski definition) is 1. The van der Waals surface area contributed by atoms with Crippen LogP contribution >= 0.6 is 0 Å². The lowest BCUT2D eigenvalue weighted by molar-refractivity contribution is 0.157. The van der Waals surface area contributed by atoms with Gasteiger partial charge in [0, 0.05) is 19.2 Å². The van der Waals surface area contributed by atoms with E-state index in [1.54, 1.807) is 21.3 Å². The van der Waals surface area contributed by atoms with E-state index in [1.165, 1.54) is 5.56 Å². The van der Waals surface area contributed by atoms with Crippen LogP contribution in [0.15, 0.2) is 18.2 Å². The Hall–Kier alpha value is -1.26. The molecule has 0 saturated heterocycles. The molecule has 0 bridgehead atoms. The van der Waals surface area contributed by atoms with Gasteiger partial charge in [0.15, 0.2) is 11.5 Å². The van der Waals surface area contributed by atoms with Gasteiger partial charge >= 0.3 is 0 Å². The SMILES string of the molecule is CCCC(COC)NC(C)c1ccc(OC)c(OC)c1. The summed E-state index contributed by atoms with van der Waals surface area (Å²) < 4.78 is 15.9. The molecular weight excluding hydrogens is 254 g/mol. The molecule has 20 heavy (non-hydrogen) atoms. The number of nitrogens with one attached hydrogen (secondary N) is 1. The molecule has 1 rings (SSSR count). The first-order valence-corrected chi connectivity index (χ1v) is 7.13. The van der Waals surface area contributed by atoms with Crippen LogP contribution in [-0.4, -0.2) is 34.0 Å². The van der Waals surface area contributed by atoms with E-state index in [1.807, 2.05) is 12.1 Å². The molecule has 0 amide bonds. The molecule has 0 spiro atoms. The van der Waals surface area contributed by atoms with Crippen LogP contribution in [-0.2, 0) is 4.74 Å². The van der Waals surface area contributed by atoms with Gasteiger partial charge < -0.3 is 19.5 Å². The zero-order valence-corrected chi connectivity index (χ0v) is 13.2. The fourth-order valence-corrected chi connectivity index (χ4v) is 2.34. The van der Waals surface area contributed by atoms with Crippen molar-refractivity contribution in [2.24, 2.45) is 0 Å². The van der Waals surface area contributed by atoms with E-state index in [9.17, 15) is 0 Å². The van der Waals surface area contributed by atoms with Crippen molar-refractivity contribution in [2.45, 2.75) is 38.8 Å². The van der Waals surface area contributed by atoms with Crippen molar-refractivity contribution in [2.75, 3.05) is 27.9 Å². The highest BCUT2D eigenvalue weighted by molar-refractivity contribution is 5.43. The molecule has 0 aliphatic heterocycles. The van der Waals surface area contributed by atoms with Crippen molar-refractivity contribution < 1.29 is 14.2 Å². The van der Waals surface area contributed by atoms with E-state index < -0.39 is 0 Å². The Balaban J connectivity index is 2.77. The van der Waals surface area contributed by atoms with E-state index >= 15 is 0 Å². The molecule has 2 atom stereocenters. The van der Waals surface area contributed by atoms with Gasteiger partial charge in [0.05, 0.1) is 20.8 Å². The topological polar surface area (TPSA) is 39.7 Å². The van der Waals surface area contributed by atoms with Crippen LogP contribution in [0.2, 0.25) is 0 Å². The highest BCUT2D eigenvalue weighted by Crippen LogP contribution is 2.30. The Morgan fingerprint density at radius 3 is 2.35 bits per heavy atom. The van der Waals surface area contributed by atoms with E-state index in [-0.39, 0.29) is 6.04 Å². The summed E-state index contributed by atoms with van der Waals surface area (Å²) in [5.41, 5.74) is 1.18. The number of benzene rings is 1. The van der Waals surface area contributed by atoms with Crippen LogP contribution in [0.5, 0.6) is 11.5 Å². The second-order valence-corrected chi connectivity index (χ2v) is 4.94. The van der Waals surface area contributed by atoms with Gasteiger partial charge in [-0.2, -0.15) is 0 Å². The summed E-state index contributed by atoms with van der Waals surface area (Å²) in [5, 5.41) is 3.60. The van der Waals surface area contributed by atoms with Crippen LogP contribution in [0.25, 0.3) is 0 Å². The van der Waals surface area contributed by atoms with Crippen LogP contribution in [0.3, 0.4) is 0 Å². The molecule has 1 aromatic carbocycles. The third-order valence-corrected chi connectivity index (χ3v) is 3.40. The van der Waals surface area contributed by atoms with Crippen molar-refractivity contribution >= 4 is 0 Å². The molecule has 0 radical (unpaired) electrons. The monoisotopic (exact) mass is 281 g/mol. The zero-order chi connectivity index (χ0) is 15.0. The van der Waals surface area contributed by atoms with Gasteiger partial charge in [0.25, 0.3) is 0 Å². The maximum absolute atomic E-state index is 5.35. The lowest BCUT2D eigenvalue weighted by Gasteiger charge is -2.23. The molecule has 0 aliphatic rings. The van der Waals surface area contributed by atoms with Gasteiger partial charge in [-0.3, -0.25) is 0 Å². The molecule has 0 aliphatic carbocycles. The van der Waals surface area contributed by atoms with Gasteiger partial charge in [-0.1, -0.05) is 19.4 Å². The Bertz CT molecular complexity index is 389. The Kier molecular flexibility index (Phi) is 7.41. The molecular formula is C16H27NO3. The summed E-state index contributed by atoms with van der Waals surface area (Å²) in [7, 11) is 5.05. The third kappa shape index (κ3) is 4.69. The zero-order valence-electron chi connectivity index (χ0n) is 13.2. The number of rotatable bonds is 9. The predicted molar refractivity (Wildman–Crippen MR) is 81.7 cm³/mol. The van der Waals surface area contributed by atoms with Gasteiger partial charge in [-0.05, 0) is 31.0 Å². The Labute approximate surface area is 122 Å². The van der Waals surface area contributed by atoms with Crippen molar-refractivity contribution in [3.05, 3.63) is 23.8 Å². The first kappa shape index (κ1) is 16.8. The summed E-state index contributed by atoms with van der Waals surface area (Å²) in [6.07, 6.45) is 2.24. The number of methoxy groups -OCH3 is 3. The van der Waals surface area contributed by atoms with Crippen LogP contribution in [0.1, 0.15) is 38.3 Å². The second kappa shape index (κ2) is 8.82. The molecule has 4 nitrogen and oxygen atoms in total. The molecule has 114 valence electrons. The lowest BCUT2D eigenvalue weighted by Crippen LogP contribution is -2.35. The molecule has 2 unspecified atom stereocenters. The molecule has 0 saturated carbocycles. The van der Waals surface area contributed by atoms with Crippen LogP contribution in [0.4, 0.5) is 0 Å². The molecule has 0 fully saturated rings. The van der Waals surface area contributed by atoms with Gasteiger partial charge in [0.1, 0.15) is 0 Å². The molecule has 1 aromatic rings. The van der Waals surface area contributed by atoms with Gasteiger partial charge in [-0.15, -0.1) is 0 Å².